The minimum absolute atomic E-state index is 0.225. The SMILES string of the molecule is Cc1cnc(C(C)NCc2cn(CCN)nn2)s1. The zero-order chi connectivity index (χ0) is 13.0. The van der Waals surface area contributed by atoms with Crippen molar-refractivity contribution in [2.24, 2.45) is 5.73 Å². The van der Waals surface area contributed by atoms with E-state index in [1.807, 2.05) is 12.4 Å². The molecule has 0 saturated carbocycles. The van der Waals surface area contributed by atoms with Crippen molar-refractivity contribution in [1.29, 1.82) is 0 Å². The van der Waals surface area contributed by atoms with Gasteiger partial charge in [0, 0.05) is 30.4 Å². The van der Waals surface area contributed by atoms with Crippen LogP contribution in [0, 0.1) is 6.92 Å². The smallest absolute Gasteiger partial charge is 0.109 e. The third kappa shape index (κ3) is 3.34. The van der Waals surface area contributed by atoms with Gasteiger partial charge in [0.1, 0.15) is 5.01 Å². The molecule has 0 amide bonds. The molecule has 2 aromatic rings. The molecule has 0 fully saturated rings. The summed E-state index contributed by atoms with van der Waals surface area (Å²) in [6.07, 6.45) is 3.81. The Balaban J connectivity index is 1.86. The van der Waals surface area contributed by atoms with Crippen LogP contribution in [0.25, 0.3) is 0 Å². The van der Waals surface area contributed by atoms with Crippen molar-refractivity contribution < 1.29 is 0 Å². The predicted molar refractivity (Wildman–Crippen MR) is 71.2 cm³/mol. The Labute approximate surface area is 110 Å². The number of rotatable bonds is 6. The highest BCUT2D eigenvalue weighted by Crippen LogP contribution is 2.18. The van der Waals surface area contributed by atoms with Gasteiger partial charge in [-0.05, 0) is 13.8 Å². The molecule has 0 radical (unpaired) electrons. The average Bonchev–Trinajstić information content (AvgIpc) is 2.96. The molecule has 1 atom stereocenters. The van der Waals surface area contributed by atoms with Crippen LogP contribution < -0.4 is 11.1 Å². The van der Waals surface area contributed by atoms with Crippen molar-refractivity contribution in [3.63, 3.8) is 0 Å². The fourth-order valence-electron chi connectivity index (χ4n) is 1.58. The largest absolute Gasteiger partial charge is 0.329 e. The van der Waals surface area contributed by atoms with Gasteiger partial charge >= 0.3 is 0 Å². The van der Waals surface area contributed by atoms with Gasteiger partial charge in [-0.1, -0.05) is 5.21 Å². The summed E-state index contributed by atoms with van der Waals surface area (Å²) in [5, 5.41) is 12.6. The van der Waals surface area contributed by atoms with Crippen molar-refractivity contribution in [3.05, 3.63) is 28.0 Å². The van der Waals surface area contributed by atoms with E-state index in [-0.39, 0.29) is 6.04 Å². The van der Waals surface area contributed by atoms with E-state index in [1.165, 1.54) is 4.88 Å². The van der Waals surface area contributed by atoms with Crippen LogP contribution in [0.15, 0.2) is 12.4 Å². The van der Waals surface area contributed by atoms with Crippen LogP contribution in [0.1, 0.15) is 28.5 Å². The van der Waals surface area contributed by atoms with Crippen LogP contribution in [0.4, 0.5) is 0 Å². The normalized spacial score (nSPS) is 12.8. The molecule has 7 heteroatoms. The third-order valence-corrected chi connectivity index (χ3v) is 3.64. The molecule has 2 rings (SSSR count). The van der Waals surface area contributed by atoms with Crippen LogP contribution in [-0.2, 0) is 13.1 Å². The number of nitrogens with zero attached hydrogens (tertiary/aromatic N) is 4. The Morgan fingerprint density at radius 1 is 1.56 bits per heavy atom. The van der Waals surface area contributed by atoms with Gasteiger partial charge in [0.2, 0.25) is 0 Å². The van der Waals surface area contributed by atoms with Crippen LogP contribution in [0.2, 0.25) is 0 Å². The van der Waals surface area contributed by atoms with Crippen molar-refractivity contribution in [1.82, 2.24) is 25.3 Å². The Morgan fingerprint density at radius 2 is 2.39 bits per heavy atom. The molecule has 0 aliphatic carbocycles. The van der Waals surface area contributed by atoms with E-state index in [0.717, 1.165) is 10.7 Å². The maximum atomic E-state index is 5.46. The molecule has 1 unspecified atom stereocenters. The van der Waals surface area contributed by atoms with Crippen molar-refractivity contribution in [2.45, 2.75) is 33.0 Å². The van der Waals surface area contributed by atoms with E-state index in [1.54, 1.807) is 16.0 Å². The Hall–Kier alpha value is -1.31. The molecule has 3 N–H and O–H groups in total. The monoisotopic (exact) mass is 266 g/mol. The minimum Gasteiger partial charge on any atom is -0.329 e. The first-order valence-electron chi connectivity index (χ1n) is 5.94. The lowest BCUT2D eigenvalue weighted by molar-refractivity contribution is 0.564. The van der Waals surface area contributed by atoms with Gasteiger partial charge < -0.3 is 11.1 Å². The summed E-state index contributed by atoms with van der Waals surface area (Å²) < 4.78 is 1.76. The summed E-state index contributed by atoms with van der Waals surface area (Å²) in [6, 6.07) is 0.225. The van der Waals surface area contributed by atoms with Crippen LogP contribution in [-0.4, -0.2) is 26.5 Å². The van der Waals surface area contributed by atoms with Crippen LogP contribution in [0.5, 0.6) is 0 Å². The molecular weight excluding hydrogens is 248 g/mol. The summed E-state index contributed by atoms with van der Waals surface area (Å²) in [5.74, 6) is 0. The molecule has 2 heterocycles. The van der Waals surface area contributed by atoms with Crippen LogP contribution >= 0.6 is 11.3 Å². The number of hydrogen-bond donors (Lipinski definition) is 2. The zero-order valence-electron chi connectivity index (χ0n) is 10.6. The number of aromatic nitrogens is 4. The molecule has 0 bridgehead atoms. The van der Waals surface area contributed by atoms with Gasteiger partial charge in [0.15, 0.2) is 0 Å². The molecule has 0 saturated heterocycles. The first-order valence-corrected chi connectivity index (χ1v) is 6.75. The number of hydrogen-bond acceptors (Lipinski definition) is 6. The molecule has 0 spiro atoms. The molecule has 18 heavy (non-hydrogen) atoms. The number of nitrogens with two attached hydrogens (primary N) is 1. The number of aryl methyl sites for hydroxylation is 1. The first kappa shape index (κ1) is 13.1. The van der Waals surface area contributed by atoms with E-state index in [9.17, 15) is 0 Å². The number of nitrogens with one attached hydrogen (secondary N) is 1. The molecule has 2 aromatic heterocycles. The maximum absolute atomic E-state index is 5.46. The van der Waals surface area contributed by atoms with E-state index in [0.29, 0.717) is 19.6 Å². The summed E-state index contributed by atoms with van der Waals surface area (Å²) in [6.45, 7) is 6.12. The van der Waals surface area contributed by atoms with Gasteiger partial charge in [-0.15, -0.1) is 16.4 Å². The Morgan fingerprint density at radius 3 is 3.06 bits per heavy atom. The molecule has 0 aromatic carbocycles. The highest BCUT2D eigenvalue weighted by atomic mass is 32.1. The van der Waals surface area contributed by atoms with Crippen molar-refractivity contribution >= 4 is 11.3 Å². The third-order valence-electron chi connectivity index (χ3n) is 2.54. The molecule has 6 nitrogen and oxygen atoms in total. The van der Waals surface area contributed by atoms with E-state index in [4.69, 9.17) is 5.73 Å². The molecular formula is C11H18N6S. The highest BCUT2D eigenvalue weighted by Gasteiger charge is 2.09. The van der Waals surface area contributed by atoms with E-state index < -0.39 is 0 Å². The standard InChI is InChI=1S/C11H18N6S/c1-8-5-14-11(18-8)9(2)13-6-10-7-17(4-3-12)16-15-10/h5,7,9,13H,3-4,6,12H2,1-2H3. The lowest BCUT2D eigenvalue weighted by Gasteiger charge is -2.08. The minimum atomic E-state index is 0.225. The van der Waals surface area contributed by atoms with Crippen molar-refractivity contribution in [3.8, 4) is 0 Å². The van der Waals surface area contributed by atoms with Gasteiger partial charge in [-0.2, -0.15) is 0 Å². The first-order chi connectivity index (χ1) is 8.69. The van der Waals surface area contributed by atoms with E-state index >= 15 is 0 Å². The second kappa shape index (κ2) is 6.03. The molecule has 0 aliphatic rings. The Kier molecular flexibility index (Phi) is 4.40. The molecule has 98 valence electrons. The lowest BCUT2D eigenvalue weighted by atomic mass is 10.3. The van der Waals surface area contributed by atoms with Gasteiger partial charge in [0.25, 0.3) is 0 Å². The second-order valence-electron chi connectivity index (χ2n) is 4.17. The topological polar surface area (TPSA) is 81.7 Å². The fourth-order valence-corrected chi connectivity index (χ4v) is 2.38. The lowest BCUT2D eigenvalue weighted by Crippen LogP contribution is -2.18. The van der Waals surface area contributed by atoms with E-state index in [2.05, 4.69) is 34.5 Å². The number of thiazole rings is 1. The van der Waals surface area contributed by atoms with Gasteiger partial charge in [-0.25, -0.2) is 4.98 Å². The predicted octanol–water partition coefficient (Wildman–Crippen LogP) is 0.853. The van der Waals surface area contributed by atoms with Crippen LogP contribution in [0.3, 0.4) is 0 Å². The van der Waals surface area contributed by atoms with Crippen molar-refractivity contribution in [2.75, 3.05) is 6.54 Å². The zero-order valence-corrected chi connectivity index (χ0v) is 11.4. The average molecular weight is 266 g/mol. The summed E-state index contributed by atoms with van der Waals surface area (Å²) in [5.41, 5.74) is 6.38. The summed E-state index contributed by atoms with van der Waals surface area (Å²) in [4.78, 5) is 5.59. The fraction of sp³-hybridized carbons (Fsp3) is 0.545. The highest BCUT2D eigenvalue weighted by molar-refractivity contribution is 7.11. The van der Waals surface area contributed by atoms with Gasteiger partial charge in [0.05, 0.1) is 18.3 Å². The molecule has 0 aliphatic heterocycles. The quantitative estimate of drug-likeness (QED) is 0.810. The second-order valence-corrected chi connectivity index (χ2v) is 5.44. The maximum Gasteiger partial charge on any atom is 0.109 e. The summed E-state index contributed by atoms with van der Waals surface area (Å²) >= 11 is 1.71. The summed E-state index contributed by atoms with van der Waals surface area (Å²) in [7, 11) is 0. The van der Waals surface area contributed by atoms with Gasteiger partial charge in [-0.3, -0.25) is 4.68 Å². The Bertz CT molecular complexity index is 491.